The van der Waals surface area contributed by atoms with Gasteiger partial charge in [0.15, 0.2) is 6.39 Å². The average Bonchev–Trinajstić information content (AvgIpc) is 3.06. The summed E-state index contributed by atoms with van der Waals surface area (Å²) >= 11 is 0. The van der Waals surface area contributed by atoms with E-state index in [9.17, 15) is 0 Å². The summed E-state index contributed by atoms with van der Waals surface area (Å²) in [6.45, 7) is 0.764. The summed E-state index contributed by atoms with van der Waals surface area (Å²) in [6.07, 6.45) is 3.87. The molecule has 0 atom stereocenters. The molecule has 1 heterocycles. The highest BCUT2D eigenvalue weighted by Gasteiger charge is 2.50. The molecule has 0 radical (unpaired) electrons. The molecule has 3 rings (SSSR count). The minimum atomic E-state index is 0.0872. The second kappa shape index (κ2) is 4.00. The molecule has 88 valence electrons. The lowest BCUT2D eigenvalue weighted by Gasteiger charge is -2.14. The number of nitrogens with zero attached hydrogens (tertiary/aromatic N) is 1. The van der Waals surface area contributed by atoms with Gasteiger partial charge >= 0.3 is 0 Å². The van der Waals surface area contributed by atoms with Gasteiger partial charge in [-0.3, -0.25) is 0 Å². The van der Waals surface area contributed by atoms with Crippen LogP contribution in [0.3, 0.4) is 0 Å². The summed E-state index contributed by atoms with van der Waals surface area (Å²) in [5, 5.41) is 3.14. The van der Waals surface area contributed by atoms with E-state index in [1.54, 1.807) is 6.39 Å². The van der Waals surface area contributed by atoms with Gasteiger partial charge in [-0.05, 0) is 25.5 Å². The maximum absolute atomic E-state index is 5.65. The van der Waals surface area contributed by atoms with E-state index in [4.69, 9.17) is 4.42 Å². The van der Waals surface area contributed by atoms with Crippen LogP contribution in [0.15, 0.2) is 41.1 Å². The van der Waals surface area contributed by atoms with Gasteiger partial charge < -0.3 is 9.73 Å². The standard InChI is InChI=1S/C14H16N2O/c1-15-9-12-13(17-10-16-12)14(7-8-14)11-5-3-2-4-6-11/h2-6,10,15H,7-9H2,1H3. The quantitative estimate of drug-likeness (QED) is 0.873. The molecule has 0 bridgehead atoms. The summed E-state index contributed by atoms with van der Waals surface area (Å²) in [5.41, 5.74) is 2.46. The molecule has 3 heteroatoms. The summed E-state index contributed by atoms with van der Waals surface area (Å²) in [6, 6.07) is 10.6. The van der Waals surface area contributed by atoms with Crippen LogP contribution in [-0.2, 0) is 12.0 Å². The lowest BCUT2D eigenvalue weighted by Crippen LogP contribution is -2.14. The van der Waals surface area contributed by atoms with Crippen molar-refractivity contribution >= 4 is 0 Å². The van der Waals surface area contributed by atoms with Crippen LogP contribution < -0.4 is 5.32 Å². The van der Waals surface area contributed by atoms with Crippen molar-refractivity contribution in [2.45, 2.75) is 24.8 Å². The molecule has 0 unspecified atom stereocenters. The normalized spacial score (nSPS) is 17.0. The molecule has 1 aliphatic carbocycles. The molecular weight excluding hydrogens is 212 g/mol. The SMILES string of the molecule is CNCc1ncoc1C1(c2ccccc2)CC1. The Balaban J connectivity index is 2.01. The molecule has 0 aliphatic heterocycles. The van der Waals surface area contributed by atoms with E-state index in [1.165, 1.54) is 5.56 Å². The zero-order valence-electron chi connectivity index (χ0n) is 9.94. The first-order valence-electron chi connectivity index (χ1n) is 6.00. The molecule has 0 saturated heterocycles. The first-order chi connectivity index (χ1) is 8.37. The van der Waals surface area contributed by atoms with Gasteiger partial charge in [-0.15, -0.1) is 0 Å². The van der Waals surface area contributed by atoms with Crippen LogP contribution in [0, 0.1) is 0 Å². The van der Waals surface area contributed by atoms with Crippen LogP contribution in [0.1, 0.15) is 29.9 Å². The first kappa shape index (κ1) is 10.5. The molecule has 0 amide bonds. The van der Waals surface area contributed by atoms with E-state index in [0.29, 0.717) is 0 Å². The lowest BCUT2D eigenvalue weighted by molar-refractivity contribution is 0.469. The van der Waals surface area contributed by atoms with Gasteiger partial charge in [0.25, 0.3) is 0 Å². The molecule has 1 aromatic carbocycles. The monoisotopic (exact) mass is 228 g/mol. The van der Waals surface area contributed by atoms with Gasteiger partial charge in [0, 0.05) is 6.54 Å². The fraction of sp³-hybridized carbons (Fsp3) is 0.357. The van der Waals surface area contributed by atoms with Crippen molar-refractivity contribution in [3.63, 3.8) is 0 Å². The minimum Gasteiger partial charge on any atom is -0.447 e. The summed E-state index contributed by atoms with van der Waals surface area (Å²) in [7, 11) is 1.93. The molecule has 1 N–H and O–H groups in total. The molecule has 17 heavy (non-hydrogen) atoms. The Morgan fingerprint density at radius 2 is 2.06 bits per heavy atom. The average molecular weight is 228 g/mol. The number of nitrogens with one attached hydrogen (secondary N) is 1. The first-order valence-corrected chi connectivity index (χ1v) is 6.00. The Bertz CT molecular complexity index is 500. The Morgan fingerprint density at radius 1 is 1.29 bits per heavy atom. The van der Waals surface area contributed by atoms with E-state index >= 15 is 0 Å². The zero-order valence-corrected chi connectivity index (χ0v) is 9.94. The van der Waals surface area contributed by atoms with Crippen molar-refractivity contribution < 1.29 is 4.42 Å². The van der Waals surface area contributed by atoms with Gasteiger partial charge in [0.1, 0.15) is 5.76 Å². The highest BCUT2D eigenvalue weighted by atomic mass is 16.3. The Kier molecular flexibility index (Phi) is 2.48. The third kappa shape index (κ3) is 1.67. The van der Waals surface area contributed by atoms with E-state index in [1.807, 2.05) is 7.05 Å². The predicted octanol–water partition coefficient (Wildman–Crippen LogP) is 2.47. The number of rotatable bonds is 4. The van der Waals surface area contributed by atoms with Crippen LogP contribution >= 0.6 is 0 Å². The fourth-order valence-electron chi connectivity index (χ4n) is 2.48. The third-order valence-electron chi connectivity index (χ3n) is 3.50. The molecule has 3 nitrogen and oxygen atoms in total. The molecule has 1 saturated carbocycles. The molecule has 0 spiro atoms. The van der Waals surface area contributed by atoms with Crippen molar-refractivity contribution in [2.24, 2.45) is 0 Å². The second-order valence-corrected chi connectivity index (χ2v) is 4.61. The highest BCUT2D eigenvalue weighted by molar-refractivity contribution is 5.42. The molecule has 1 aromatic heterocycles. The van der Waals surface area contributed by atoms with Crippen molar-refractivity contribution in [3.05, 3.63) is 53.7 Å². The number of aromatic nitrogens is 1. The smallest absolute Gasteiger partial charge is 0.181 e. The summed E-state index contributed by atoms with van der Waals surface area (Å²) in [5.74, 6) is 1.04. The molecule has 2 aromatic rings. The van der Waals surface area contributed by atoms with Crippen molar-refractivity contribution in [3.8, 4) is 0 Å². The zero-order chi connectivity index (χ0) is 11.7. The predicted molar refractivity (Wildman–Crippen MR) is 65.7 cm³/mol. The van der Waals surface area contributed by atoms with Crippen LogP contribution in [0.2, 0.25) is 0 Å². The molecule has 1 aliphatic rings. The van der Waals surface area contributed by atoms with Crippen LogP contribution in [0.4, 0.5) is 0 Å². The van der Waals surface area contributed by atoms with Crippen LogP contribution in [0.5, 0.6) is 0 Å². The topological polar surface area (TPSA) is 38.1 Å². The van der Waals surface area contributed by atoms with Crippen LogP contribution in [-0.4, -0.2) is 12.0 Å². The molecular formula is C14H16N2O. The number of benzene rings is 1. The number of oxazole rings is 1. The highest BCUT2D eigenvalue weighted by Crippen LogP contribution is 2.54. The van der Waals surface area contributed by atoms with E-state index in [2.05, 4.69) is 40.6 Å². The van der Waals surface area contributed by atoms with Gasteiger partial charge in [-0.2, -0.15) is 0 Å². The van der Waals surface area contributed by atoms with E-state index in [0.717, 1.165) is 30.8 Å². The Labute approximate surface area is 101 Å². The third-order valence-corrected chi connectivity index (χ3v) is 3.50. The Morgan fingerprint density at radius 3 is 2.71 bits per heavy atom. The number of hydrogen-bond donors (Lipinski definition) is 1. The number of hydrogen-bond acceptors (Lipinski definition) is 3. The fourth-order valence-corrected chi connectivity index (χ4v) is 2.48. The lowest BCUT2D eigenvalue weighted by atomic mass is 9.92. The van der Waals surface area contributed by atoms with Crippen molar-refractivity contribution in [1.29, 1.82) is 0 Å². The van der Waals surface area contributed by atoms with Gasteiger partial charge in [-0.25, -0.2) is 4.98 Å². The maximum Gasteiger partial charge on any atom is 0.181 e. The van der Waals surface area contributed by atoms with E-state index < -0.39 is 0 Å². The van der Waals surface area contributed by atoms with Crippen LogP contribution in [0.25, 0.3) is 0 Å². The largest absolute Gasteiger partial charge is 0.447 e. The Hall–Kier alpha value is -1.61. The summed E-state index contributed by atoms with van der Waals surface area (Å²) < 4.78 is 5.65. The van der Waals surface area contributed by atoms with Crippen molar-refractivity contribution in [1.82, 2.24) is 10.3 Å². The van der Waals surface area contributed by atoms with Crippen molar-refractivity contribution in [2.75, 3.05) is 7.05 Å². The van der Waals surface area contributed by atoms with Gasteiger partial charge in [-0.1, -0.05) is 30.3 Å². The maximum atomic E-state index is 5.65. The minimum absolute atomic E-state index is 0.0872. The summed E-state index contributed by atoms with van der Waals surface area (Å²) in [4.78, 5) is 4.31. The van der Waals surface area contributed by atoms with Gasteiger partial charge in [0.05, 0.1) is 11.1 Å². The van der Waals surface area contributed by atoms with Gasteiger partial charge in [0.2, 0.25) is 0 Å². The van der Waals surface area contributed by atoms with E-state index in [-0.39, 0.29) is 5.41 Å². The molecule has 1 fully saturated rings. The second-order valence-electron chi connectivity index (χ2n) is 4.61.